The Hall–Kier alpha value is -2.41. The number of allylic oxidation sites excluding steroid dienone is 1. The van der Waals surface area contributed by atoms with E-state index in [-0.39, 0.29) is 5.92 Å². The molecule has 32 heavy (non-hydrogen) atoms. The third-order valence-electron chi connectivity index (χ3n) is 7.28. The molecule has 1 aliphatic heterocycles. The summed E-state index contributed by atoms with van der Waals surface area (Å²) in [6, 6.07) is 20.3. The highest BCUT2D eigenvalue weighted by atomic mass is 28.4. The van der Waals surface area contributed by atoms with E-state index in [4.69, 9.17) is 9.16 Å². The van der Waals surface area contributed by atoms with Crippen molar-refractivity contribution in [2.45, 2.75) is 45.1 Å². The van der Waals surface area contributed by atoms with Crippen molar-refractivity contribution in [2.24, 2.45) is 0 Å². The minimum Gasteiger partial charge on any atom is -0.472 e. The van der Waals surface area contributed by atoms with Crippen molar-refractivity contribution in [3.63, 3.8) is 0 Å². The lowest BCUT2D eigenvalue weighted by molar-refractivity contribution is 0.0524. The Morgan fingerprint density at radius 2 is 1.72 bits per heavy atom. The van der Waals surface area contributed by atoms with E-state index in [0.29, 0.717) is 6.79 Å². The molecule has 0 amide bonds. The van der Waals surface area contributed by atoms with Gasteiger partial charge in [-0.2, -0.15) is 0 Å². The average Bonchev–Trinajstić information content (AvgIpc) is 3.05. The minimum atomic E-state index is -1.64. The van der Waals surface area contributed by atoms with Crippen molar-refractivity contribution in [3.8, 4) is 11.1 Å². The summed E-state index contributed by atoms with van der Waals surface area (Å²) in [4.78, 5) is 0. The zero-order valence-electron chi connectivity index (χ0n) is 19.6. The highest BCUT2D eigenvalue weighted by Crippen LogP contribution is 2.48. The predicted molar refractivity (Wildman–Crippen MR) is 138 cm³/mol. The van der Waals surface area contributed by atoms with Crippen LogP contribution in [-0.4, -0.2) is 23.2 Å². The number of hydrogen-bond acceptors (Lipinski definition) is 2. The van der Waals surface area contributed by atoms with Crippen molar-refractivity contribution in [1.29, 1.82) is 0 Å². The normalized spacial score (nSPS) is 19.0. The van der Waals surface area contributed by atoms with Crippen LogP contribution in [0, 0.1) is 0 Å². The van der Waals surface area contributed by atoms with Gasteiger partial charge in [0.1, 0.15) is 13.8 Å². The van der Waals surface area contributed by atoms with Crippen LogP contribution in [0.2, 0.25) is 32.7 Å². The third kappa shape index (κ3) is 3.00. The maximum Gasteiger partial charge on any atom is 0.188 e. The van der Waals surface area contributed by atoms with Crippen LogP contribution in [0.5, 0.6) is 0 Å². The number of hydrogen-bond donors (Lipinski definition) is 0. The average molecular weight is 455 g/mol. The summed E-state index contributed by atoms with van der Waals surface area (Å²) in [5.41, 5.74) is 10.0. The lowest BCUT2D eigenvalue weighted by atomic mass is 9.87. The molecule has 2 aliphatic carbocycles. The van der Waals surface area contributed by atoms with E-state index in [1.54, 1.807) is 10.4 Å². The molecule has 6 rings (SSSR count). The van der Waals surface area contributed by atoms with Gasteiger partial charge in [0, 0.05) is 0 Å². The fraction of sp³-hybridized carbons (Fsp3) is 0.286. The second-order valence-electron chi connectivity index (χ2n) is 10.8. The number of rotatable bonds is 5. The zero-order chi connectivity index (χ0) is 22.3. The first-order valence-corrected chi connectivity index (χ1v) is 18.0. The Labute approximate surface area is 193 Å². The van der Waals surface area contributed by atoms with Crippen molar-refractivity contribution >= 4 is 32.8 Å². The highest BCUT2D eigenvalue weighted by Gasteiger charge is 2.50. The summed E-state index contributed by atoms with van der Waals surface area (Å²) >= 11 is 0. The molecule has 0 bridgehead atoms. The summed E-state index contributed by atoms with van der Waals surface area (Å²) in [5, 5.41) is 3.29. The lowest BCUT2D eigenvalue weighted by Gasteiger charge is -2.24. The van der Waals surface area contributed by atoms with Crippen LogP contribution in [-0.2, 0) is 15.6 Å². The molecule has 0 N–H and O–H groups in total. The fourth-order valence-electron chi connectivity index (χ4n) is 5.63. The van der Waals surface area contributed by atoms with Crippen molar-refractivity contribution in [2.75, 3.05) is 6.79 Å². The van der Waals surface area contributed by atoms with Gasteiger partial charge in [0.05, 0.1) is 5.92 Å². The van der Waals surface area contributed by atoms with E-state index in [0.717, 1.165) is 12.2 Å². The molecule has 0 saturated carbocycles. The third-order valence-corrected chi connectivity index (χ3v) is 11.5. The number of benzene rings is 3. The van der Waals surface area contributed by atoms with E-state index in [1.165, 1.54) is 38.9 Å². The van der Waals surface area contributed by atoms with Crippen LogP contribution in [0.15, 0.2) is 60.4 Å². The number of ether oxygens (including phenoxy) is 1. The van der Waals surface area contributed by atoms with Gasteiger partial charge in [-0.3, -0.25) is 0 Å². The van der Waals surface area contributed by atoms with E-state index in [1.807, 2.05) is 0 Å². The van der Waals surface area contributed by atoms with Crippen molar-refractivity contribution < 1.29 is 9.16 Å². The van der Waals surface area contributed by atoms with E-state index >= 15 is 0 Å². The topological polar surface area (TPSA) is 18.5 Å². The Morgan fingerprint density at radius 3 is 2.53 bits per heavy atom. The maximum atomic E-state index is 6.40. The fourth-order valence-corrected chi connectivity index (χ4v) is 9.47. The Morgan fingerprint density at radius 1 is 0.969 bits per heavy atom. The first kappa shape index (κ1) is 20.2. The SMILES string of the molecule is C[Si](C)(C)OCOC1=Cc2ccccc2C1c1c2c(cc3c1[Si]3(C)C)-c1ccccc1C2. The molecular formula is C28H30O2Si2. The highest BCUT2D eigenvalue weighted by molar-refractivity contribution is 7.16. The predicted octanol–water partition coefficient (Wildman–Crippen LogP) is 5.71. The molecule has 3 aromatic carbocycles. The van der Waals surface area contributed by atoms with Crippen molar-refractivity contribution in [1.82, 2.24) is 0 Å². The molecule has 1 unspecified atom stereocenters. The van der Waals surface area contributed by atoms with Crippen LogP contribution in [0.4, 0.5) is 0 Å². The molecule has 0 saturated heterocycles. The molecule has 3 aliphatic rings. The molecule has 0 spiro atoms. The first-order chi connectivity index (χ1) is 15.3. The summed E-state index contributed by atoms with van der Waals surface area (Å²) in [6.45, 7) is 12.0. The molecule has 3 aromatic rings. The number of fused-ring (bicyclic) bond motifs is 5. The first-order valence-electron chi connectivity index (χ1n) is 11.6. The van der Waals surface area contributed by atoms with Crippen molar-refractivity contribution in [3.05, 3.63) is 88.2 Å². The van der Waals surface area contributed by atoms with Crippen LogP contribution in [0.1, 0.15) is 33.7 Å². The van der Waals surface area contributed by atoms with E-state index < -0.39 is 16.4 Å². The molecule has 4 heteroatoms. The Bertz CT molecular complexity index is 1300. The van der Waals surface area contributed by atoms with E-state index in [2.05, 4.69) is 93.4 Å². The van der Waals surface area contributed by atoms with Gasteiger partial charge in [-0.1, -0.05) is 78.1 Å². The molecule has 0 aromatic heterocycles. The van der Waals surface area contributed by atoms with Gasteiger partial charge in [-0.05, 0) is 71.1 Å². The quantitative estimate of drug-likeness (QED) is 0.284. The zero-order valence-corrected chi connectivity index (χ0v) is 21.6. The summed E-state index contributed by atoms with van der Waals surface area (Å²) in [7, 11) is -3.13. The second kappa shape index (κ2) is 6.80. The largest absolute Gasteiger partial charge is 0.472 e. The van der Waals surface area contributed by atoms with Gasteiger partial charge in [-0.15, -0.1) is 0 Å². The molecule has 162 valence electrons. The van der Waals surface area contributed by atoms with Gasteiger partial charge in [0.15, 0.2) is 15.1 Å². The smallest absolute Gasteiger partial charge is 0.188 e. The molecule has 2 nitrogen and oxygen atoms in total. The molecule has 1 heterocycles. The van der Waals surface area contributed by atoms with Crippen LogP contribution in [0.25, 0.3) is 17.2 Å². The summed E-state index contributed by atoms with van der Waals surface area (Å²) in [5.74, 6) is 1.22. The second-order valence-corrected chi connectivity index (χ2v) is 19.6. The minimum absolute atomic E-state index is 0.170. The summed E-state index contributed by atoms with van der Waals surface area (Å²) < 4.78 is 12.5. The Kier molecular flexibility index (Phi) is 4.29. The lowest BCUT2D eigenvalue weighted by Crippen LogP contribution is -2.27. The molecular weight excluding hydrogens is 424 g/mol. The molecule has 1 atom stereocenters. The standard InChI is InChI=1S/C28H30O2Si2/c1-31(2,3)30-17-29-24-15-19-11-7-9-13-21(19)26(24)27-23-14-18-10-6-8-12-20(18)22(23)16-25-28(27)32(25,4)5/h6-13,15-16,26H,14,17H2,1-5H3. The van der Waals surface area contributed by atoms with Gasteiger partial charge < -0.3 is 9.16 Å². The molecule has 0 radical (unpaired) electrons. The van der Waals surface area contributed by atoms with E-state index in [9.17, 15) is 0 Å². The Balaban J connectivity index is 1.50. The monoisotopic (exact) mass is 454 g/mol. The van der Waals surface area contributed by atoms with Gasteiger partial charge in [-0.25, -0.2) is 0 Å². The maximum absolute atomic E-state index is 6.40. The molecule has 0 fully saturated rings. The van der Waals surface area contributed by atoms with Crippen LogP contribution < -0.4 is 10.4 Å². The van der Waals surface area contributed by atoms with Crippen LogP contribution >= 0.6 is 0 Å². The van der Waals surface area contributed by atoms with Gasteiger partial charge in [0.2, 0.25) is 0 Å². The summed E-state index contributed by atoms with van der Waals surface area (Å²) in [6.07, 6.45) is 3.27. The van der Waals surface area contributed by atoms with Gasteiger partial charge >= 0.3 is 0 Å². The van der Waals surface area contributed by atoms with Gasteiger partial charge in [0.25, 0.3) is 0 Å². The van der Waals surface area contributed by atoms with Crippen LogP contribution in [0.3, 0.4) is 0 Å².